The van der Waals surface area contributed by atoms with Crippen LogP contribution in [0.15, 0.2) is 27.3 Å². The van der Waals surface area contributed by atoms with Crippen LogP contribution < -0.4 is 0 Å². The Balaban J connectivity index is 2.49. The van der Waals surface area contributed by atoms with Gasteiger partial charge in [-0.05, 0) is 28.1 Å². The third kappa shape index (κ3) is 1.56. The van der Waals surface area contributed by atoms with Crippen LogP contribution in [0.1, 0.15) is 10.7 Å². The highest BCUT2D eigenvalue weighted by molar-refractivity contribution is 9.10. The lowest BCUT2D eigenvalue weighted by Crippen LogP contribution is -1.87. The van der Waals surface area contributed by atoms with Gasteiger partial charge in [0.05, 0.1) is 0 Å². The van der Waals surface area contributed by atoms with Gasteiger partial charge in [-0.3, -0.25) is 9.78 Å². The molecule has 0 N–H and O–H groups in total. The molecule has 0 bridgehead atoms. The van der Waals surface area contributed by atoms with Gasteiger partial charge in [0.2, 0.25) is 12.1 Å². The molecule has 5 nitrogen and oxygen atoms in total. The molecule has 0 aliphatic rings. The molecule has 2 aromatic rings. The minimum atomic E-state index is -0.0578. The molecule has 0 aliphatic carbocycles. The van der Waals surface area contributed by atoms with Crippen LogP contribution in [0.2, 0.25) is 0 Å². The maximum Gasteiger partial charge on any atom is 0.291 e. The molecule has 0 spiro atoms. The minimum absolute atomic E-state index is 0.0578. The number of nitrogens with zero attached hydrogens (tertiary/aromatic N) is 3. The number of rotatable bonds is 2. The third-order valence-corrected chi connectivity index (χ3v) is 2.15. The maximum atomic E-state index is 10.3. The first-order valence-electron chi connectivity index (χ1n) is 3.71. The molecule has 0 unspecified atom stereocenters. The van der Waals surface area contributed by atoms with Gasteiger partial charge in [-0.1, -0.05) is 5.16 Å². The van der Waals surface area contributed by atoms with Crippen molar-refractivity contribution < 1.29 is 9.32 Å². The summed E-state index contributed by atoms with van der Waals surface area (Å²) >= 11 is 3.29. The van der Waals surface area contributed by atoms with Gasteiger partial charge in [-0.15, -0.1) is 0 Å². The molecule has 0 atom stereocenters. The van der Waals surface area contributed by atoms with Crippen LogP contribution in [-0.4, -0.2) is 21.4 Å². The van der Waals surface area contributed by atoms with Gasteiger partial charge >= 0.3 is 0 Å². The summed E-state index contributed by atoms with van der Waals surface area (Å²) in [5.74, 6) is 0.233. The van der Waals surface area contributed by atoms with E-state index in [1.165, 1.54) is 0 Å². The Morgan fingerprint density at radius 1 is 1.50 bits per heavy atom. The molecule has 0 radical (unpaired) electrons. The van der Waals surface area contributed by atoms with Crippen molar-refractivity contribution in [1.82, 2.24) is 15.1 Å². The second-order valence-electron chi connectivity index (χ2n) is 2.41. The van der Waals surface area contributed by atoms with Crippen LogP contribution in [0.5, 0.6) is 0 Å². The smallest absolute Gasteiger partial charge is 0.291 e. The molecule has 0 fully saturated rings. The van der Waals surface area contributed by atoms with Crippen LogP contribution in [0.4, 0.5) is 0 Å². The van der Waals surface area contributed by atoms with Gasteiger partial charge in [0.25, 0.3) is 5.89 Å². The Morgan fingerprint density at radius 3 is 3.00 bits per heavy atom. The lowest BCUT2D eigenvalue weighted by atomic mass is 10.3. The SMILES string of the molecule is O=Cc1nc(-c2ncccc2Br)no1. The molecule has 2 rings (SSSR count). The molecule has 14 heavy (non-hydrogen) atoms. The van der Waals surface area contributed by atoms with Crippen molar-refractivity contribution in [2.45, 2.75) is 0 Å². The summed E-state index contributed by atoms with van der Waals surface area (Å²) in [6.45, 7) is 0. The van der Waals surface area contributed by atoms with Gasteiger partial charge < -0.3 is 4.52 Å². The molecule has 0 aromatic carbocycles. The number of halogens is 1. The summed E-state index contributed by atoms with van der Waals surface area (Å²) in [6.07, 6.45) is 2.10. The second-order valence-corrected chi connectivity index (χ2v) is 3.26. The fraction of sp³-hybridized carbons (Fsp3) is 0. The molecule has 0 saturated heterocycles. The van der Waals surface area contributed by atoms with E-state index >= 15 is 0 Å². The minimum Gasteiger partial charge on any atom is -0.331 e. The number of hydrogen-bond acceptors (Lipinski definition) is 5. The molecule has 70 valence electrons. The van der Waals surface area contributed by atoms with Crippen molar-refractivity contribution >= 4 is 22.2 Å². The Hall–Kier alpha value is -1.56. The first-order chi connectivity index (χ1) is 6.81. The Kier molecular flexibility index (Phi) is 2.36. The number of aromatic nitrogens is 3. The van der Waals surface area contributed by atoms with E-state index < -0.39 is 0 Å². The number of carbonyl (C=O) groups is 1. The van der Waals surface area contributed by atoms with E-state index in [4.69, 9.17) is 0 Å². The highest BCUT2D eigenvalue weighted by atomic mass is 79.9. The largest absolute Gasteiger partial charge is 0.331 e. The summed E-state index contributed by atoms with van der Waals surface area (Å²) in [4.78, 5) is 18.2. The zero-order valence-corrected chi connectivity index (χ0v) is 8.43. The molecular weight excluding hydrogens is 250 g/mol. The van der Waals surface area contributed by atoms with Gasteiger partial charge in [0, 0.05) is 10.7 Å². The molecule has 0 aliphatic heterocycles. The Bertz CT molecular complexity index is 469. The van der Waals surface area contributed by atoms with Crippen molar-refractivity contribution in [3.63, 3.8) is 0 Å². The fourth-order valence-corrected chi connectivity index (χ4v) is 1.36. The third-order valence-electron chi connectivity index (χ3n) is 1.51. The first kappa shape index (κ1) is 9.01. The number of carbonyl (C=O) groups excluding carboxylic acids is 1. The summed E-state index contributed by atoms with van der Waals surface area (Å²) in [6, 6.07) is 3.58. The van der Waals surface area contributed by atoms with Gasteiger partial charge in [-0.2, -0.15) is 4.98 Å². The van der Waals surface area contributed by atoms with Crippen molar-refractivity contribution in [1.29, 1.82) is 0 Å². The van der Waals surface area contributed by atoms with E-state index in [2.05, 4.69) is 35.6 Å². The predicted molar refractivity (Wildman–Crippen MR) is 50.6 cm³/mol. The van der Waals surface area contributed by atoms with Crippen molar-refractivity contribution in [2.24, 2.45) is 0 Å². The lowest BCUT2D eigenvalue weighted by molar-refractivity contribution is 0.108. The number of pyridine rings is 1. The highest BCUT2D eigenvalue weighted by Gasteiger charge is 2.11. The normalized spacial score (nSPS) is 10.1. The summed E-state index contributed by atoms with van der Waals surface area (Å²) < 4.78 is 5.38. The summed E-state index contributed by atoms with van der Waals surface area (Å²) in [5, 5.41) is 3.61. The van der Waals surface area contributed by atoms with E-state index in [9.17, 15) is 4.79 Å². The van der Waals surface area contributed by atoms with Crippen molar-refractivity contribution in [3.8, 4) is 11.5 Å². The molecular formula is C8H4BrN3O2. The molecule has 2 heterocycles. The van der Waals surface area contributed by atoms with Gasteiger partial charge in [-0.25, -0.2) is 0 Å². The quantitative estimate of drug-likeness (QED) is 0.763. The molecule has 2 aromatic heterocycles. The average molecular weight is 254 g/mol. The monoisotopic (exact) mass is 253 g/mol. The van der Waals surface area contributed by atoms with E-state index in [0.29, 0.717) is 17.8 Å². The maximum absolute atomic E-state index is 10.3. The summed E-state index contributed by atoms with van der Waals surface area (Å²) in [7, 11) is 0. The lowest BCUT2D eigenvalue weighted by Gasteiger charge is -1.94. The van der Waals surface area contributed by atoms with Gasteiger partial charge in [0.15, 0.2) is 0 Å². The van der Waals surface area contributed by atoms with E-state index in [0.717, 1.165) is 4.47 Å². The van der Waals surface area contributed by atoms with Crippen LogP contribution in [-0.2, 0) is 0 Å². The van der Waals surface area contributed by atoms with E-state index in [1.54, 1.807) is 18.3 Å². The Labute approximate surface area is 87.3 Å². The average Bonchev–Trinajstić information content (AvgIpc) is 2.67. The summed E-state index contributed by atoms with van der Waals surface area (Å²) in [5.41, 5.74) is 0.546. The van der Waals surface area contributed by atoms with Crippen LogP contribution in [0.25, 0.3) is 11.5 Å². The highest BCUT2D eigenvalue weighted by Crippen LogP contribution is 2.22. The number of hydrogen-bond donors (Lipinski definition) is 0. The van der Waals surface area contributed by atoms with Crippen molar-refractivity contribution in [2.75, 3.05) is 0 Å². The topological polar surface area (TPSA) is 68.9 Å². The molecule has 0 saturated carbocycles. The van der Waals surface area contributed by atoms with Gasteiger partial charge in [0.1, 0.15) is 5.69 Å². The molecule has 0 amide bonds. The zero-order valence-electron chi connectivity index (χ0n) is 6.85. The first-order valence-corrected chi connectivity index (χ1v) is 4.50. The predicted octanol–water partition coefficient (Wildman–Crippen LogP) is 1.71. The van der Waals surface area contributed by atoms with Crippen LogP contribution >= 0.6 is 15.9 Å². The molecule has 6 heteroatoms. The second kappa shape index (κ2) is 3.67. The van der Waals surface area contributed by atoms with Crippen LogP contribution in [0.3, 0.4) is 0 Å². The van der Waals surface area contributed by atoms with E-state index in [-0.39, 0.29) is 5.89 Å². The Morgan fingerprint density at radius 2 is 2.36 bits per heavy atom. The fourth-order valence-electron chi connectivity index (χ4n) is 0.929. The van der Waals surface area contributed by atoms with Crippen molar-refractivity contribution in [3.05, 3.63) is 28.7 Å². The zero-order chi connectivity index (χ0) is 9.97. The number of aldehydes is 1. The van der Waals surface area contributed by atoms with E-state index in [1.807, 2.05) is 0 Å². The van der Waals surface area contributed by atoms with Crippen LogP contribution in [0, 0.1) is 0 Å². The standard InChI is InChI=1S/C8H4BrN3O2/c9-5-2-1-3-10-7(5)8-11-6(4-13)14-12-8/h1-4H.